The Hall–Kier alpha value is 0.100. The third kappa shape index (κ3) is 3.87. The normalized spacial score (nSPS) is 15.6. The van der Waals surface area contributed by atoms with E-state index in [0.29, 0.717) is 12.5 Å². The lowest BCUT2D eigenvalue weighted by molar-refractivity contribution is 0.121. The highest BCUT2D eigenvalue weighted by molar-refractivity contribution is 9.10. The molecule has 15 heavy (non-hydrogen) atoms. The lowest BCUT2D eigenvalue weighted by atomic mass is 10.1. The van der Waals surface area contributed by atoms with Gasteiger partial charge in [-0.05, 0) is 40.2 Å². The minimum atomic E-state index is -0.272. The van der Waals surface area contributed by atoms with Crippen LogP contribution in [0.3, 0.4) is 0 Å². The van der Waals surface area contributed by atoms with E-state index in [2.05, 4.69) is 39.6 Å². The van der Waals surface area contributed by atoms with E-state index in [9.17, 15) is 5.11 Å². The van der Waals surface area contributed by atoms with E-state index >= 15 is 0 Å². The topological polar surface area (TPSA) is 32.3 Å². The van der Waals surface area contributed by atoms with Crippen molar-refractivity contribution in [2.75, 3.05) is 6.54 Å². The van der Waals surface area contributed by atoms with Gasteiger partial charge in [-0.3, -0.25) is 0 Å². The Morgan fingerprint density at radius 2 is 2.13 bits per heavy atom. The molecule has 0 fully saturated rings. The number of aliphatic hydroxyl groups is 1. The first kappa shape index (κ1) is 13.2. The van der Waals surface area contributed by atoms with Crippen LogP contribution in [0.4, 0.5) is 0 Å². The molecule has 0 saturated carbocycles. The van der Waals surface area contributed by atoms with E-state index in [-0.39, 0.29) is 12.1 Å². The number of nitrogens with one attached hydrogen (secondary N) is 1. The van der Waals surface area contributed by atoms with Crippen molar-refractivity contribution in [1.29, 1.82) is 0 Å². The van der Waals surface area contributed by atoms with Crippen molar-refractivity contribution in [2.24, 2.45) is 5.92 Å². The van der Waals surface area contributed by atoms with Gasteiger partial charge in [-0.1, -0.05) is 13.8 Å². The Labute approximate surface area is 104 Å². The van der Waals surface area contributed by atoms with E-state index < -0.39 is 0 Å². The zero-order chi connectivity index (χ0) is 11.4. The van der Waals surface area contributed by atoms with Crippen LogP contribution in [0.25, 0.3) is 0 Å². The average Bonchev–Trinajstić information content (AvgIpc) is 2.60. The summed E-state index contributed by atoms with van der Waals surface area (Å²) in [5.74, 6) is 0.302. The smallest absolute Gasteiger partial charge is 0.0687 e. The Balaban J connectivity index is 2.43. The minimum Gasteiger partial charge on any atom is -0.392 e. The summed E-state index contributed by atoms with van der Waals surface area (Å²) in [6.07, 6.45) is -0.272. The van der Waals surface area contributed by atoms with Crippen LogP contribution in [-0.2, 0) is 0 Å². The molecule has 0 aliphatic rings. The first-order chi connectivity index (χ1) is 7.02. The van der Waals surface area contributed by atoms with Gasteiger partial charge in [0.1, 0.15) is 0 Å². The van der Waals surface area contributed by atoms with Crippen molar-refractivity contribution < 1.29 is 5.11 Å². The number of rotatable bonds is 5. The molecule has 0 radical (unpaired) electrons. The molecule has 0 spiro atoms. The molecular formula is C11H18BrNOS. The molecule has 0 aliphatic carbocycles. The van der Waals surface area contributed by atoms with Gasteiger partial charge in [0.2, 0.25) is 0 Å². The molecule has 0 aliphatic heterocycles. The highest BCUT2D eigenvalue weighted by atomic mass is 79.9. The fraction of sp³-hybridized carbons (Fsp3) is 0.636. The molecular weight excluding hydrogens is 274 g/mol. The number of halogens is 1. The first-order valence-electron chi connectivity index (χ1n) is 5.16. The highest BCUT2D eigenvalue weighted by Gasteiger charge is 2.13. The van der Waals surface area contributed by atoms with Crippen molar-refractivity contribution in [3.8, 4) is 0 Å². The lowest BCUT2D eigenvalue weighted by Gasteiger charge is -2.19. The first-order valence-corrected chi connectivity index (χ1v) is 6.84. The summed E-state index contributed by atoms with van der Waals surface area (Å²) in [5.41, 5.74) is 0. The van der Waals surface area contributed by atoms with E-state index in [1.165, 1.54) is 4.88 Å². The van der Waals surface area contributed by atoms with Gasteiger partial charge in [0.05, 0.1) is 6.10 Å². The van der Waals surface area contributed by atoms with E-state index in [1.807, 2.05) is 13.8 Å². The second-order valence-electron chi connectivity index (χ2n) is 4.07. The molecule has 2 atom stereocenters. The SMILES string of the molecule is CC(NCC(O)C(C)C)c1sccc1Br. The third-order valence-corrected chi connectivity index (χ3v) is 4.49. The fourth-order valence-corrected chi connectivity index (χ4v) is 2.99. The van der Waals surface area contributed by atoms with Crippen LogP contribution in [0, 0.1) is 5.92 Å². The minimum absolute atomic E-state index is 0.272. The summed E-state index contributed by atoms with van der Waals surface area (Å²) in [6.45, 7) is 6.81. The molecule has 1 aromatic rings. The van der Waals surface area contributed by atoms with Crippen LogP contribution in [0.15, 0.2) is 15.9 Å². The maximum absolute atomic E-state index is 9.67. The van der Waals surface area contributed by atoms with E-state index in [0.717, 1.165) is 4.47 Å². The Morgan fingerprint density at radius 1 is 1.47 bits per heavy atom. The predicted octanol–water partition coefficient (Wildman–Crippen LogP) is 3.18. The Bertz CT molecular complexity index is 301. The number of hydrogen-bond acceptors (Lipinski definition) is 3. The zero-order valence-electron chi connectivity index (χ0n) is 9.33. The van der Waals surface area contributed by atoms with Gasteiger partial charge in [-0.25, -0.2) is 0 Å². The van der Waals surface area contributed by atoms with Crippen LogP contribution in [0.1, 0.15) is 31.7 Å². The summed E-state index contributed by atoms with van der Waals surface area (Å²) in [4.78, 5) is 1.28. The monoisotopic (exact) mass is 291 g/mol. The number of aliphatic hydroxyl groups excluding tert-OH is 1. The third-order valence-electron chi connectivity index (χ3n) is 2.44. The molecule has 1 heterocycles. The van der Waals surface area contributed by atoms with Gasteiger partial charge >= 0.3 is 0 Å². The van der Waals surface area contributed by atoms with E-state index in [4.69, 9.17) is 0 Å². The summed E-state index contributed by atoms with van der Waals surface area (Å²) in [5, 5.41) is 15.1. The molecule has 2 unspecified atom stereocenters. The molecule has 4 heteroatoms. The molecule has 0 bridgehead atoms. The van der Waals surface area contributed by atoms with Crippen molar-refractivity contribution in [1.82, 2.24) is 5.32 Å². The molecule has 0 aromatic carbocycles. The maximum atomic E-state index is 9.67. The molecule has 2 nitrogen and oxygen atoms in total. The van der Waals surface area contributed by atoms with Crippen LogP contribution >= 0.6 is 27.3 Å². The standard InChI is InChI=1S/C11H18BrNOS/c1-7(2)10(14)6-13-8(3)11-9(12)4-5-15-11/h4-5,7-8,10,13-14H,6H2,1-3H3. The van der Waals surface area contributed by atoms with Crippen molar-refractivity contribution in [3.05, 3.63) is 20.8 Å². The quantitative estimate of drug-likeness (QED) is 0.873. The summed E-state index contributed by atoms with van der Waals surface area (Å²) in [6, 6.07) is 2.34. The van der Waals surface area contributed by atoms with Gasteiger partial charge in [-0.2, -0.15) is 0 Å². The molecule has 1 rings (SSSR count). The lowest BCUT2D eigenvalue weighted by Crippen LogP contribution is -2.32. The number of hydrogen-bond donors (Lipinski definition) is 2. The predicted molar refractivity (Wildman–Crippen MR) is 69.3 cm³/mol. The van der Waals surface area contributed by atoms with Crippen LogP contribution < -0.4 is 5.32 Å². The van der Waals surface area contributed by atoms with Gasteiger partial charge in [0.25, 0.3) is 0 Å². The van der Waals surface area contributed by atoms with Crippen molar-refractivity contribution >= 4 is 27.3 Å². The summed E-state index contributed by atoms with van der Waals surface area (Å²) < 4.78 is 1.14. The summed E-state index contributed by atoms with van der Waals surface area (Å²) in [7, 11) is 0. The molecule has 0 saturated heterocycles. The largest absolute Gasteiger partial charge is 0.392 e. The van der Waals surface area contributed by atoms with Gasteiger partial charge < -0.3 is 10.4 Å². The second kappa shape index (κ2) is 5.99. The van der Waals surface area contributed by atoms with Crippen LogP contribution in [0.5, 0.6) is 0 Å². The van der Waals surface area contributed by atoms with Gasteiger partial charge in [0.15, 0.2) is 0 Å². The highest BCUT2D eigenvalue weighted by Crippen LogP contribution is 2.28. The second-order valence-corrected chi connectivity index (χ2v) is 5.88. The molecule has 86 valence electrons. The van der Waals surface area contributed by atoms with Crippen molar-refractivity contribution in [2.45, 2.75) is 32.9 Å². The average molecular weight is 292 g/mol. The molecule has 2 N–H and O–H groups in total. The van der Waals surface area contributed by atoms with Crippen LogP contribution in [-0.4, -0.2) is 17.8 Å². The molecule has 1 aromatic heterocycles. The van der Waals surface area contributed by atoms with Gasteiger partial charge in [-0.15, -0.1) is 11.3 Å². The molecule has 0 amide bonds. The maximum Gasteiger partial charge on any atom is 0.0687 e. The van der Waals surface area contributed by atoms with E-state index in [1.54, 1.807) is 11.3 Å². The fourth-order valence-electron chi connectivity index (χ4n) is 1.24. The number of thiophene rings is 1. The van der Waals surface area contributed by atoms with Crippen molar-refractivity contribution in [3.63, 3.8) is 0 Å². The Kier molecular flexibility index (Phi) is 5.26. The summed E-state index contributed by atoms with van der Waals surface area (Å²) >= 11 is 5.24. The van der Waals surface area contributed by atoms with Crippen LogP contribution in [0.2, 0.25) is 0 Å². The Morgan fingerprint density at radius 3 is 2.60 bits per heavy atom. The van der Waals surface area contributed by atoms with Gasteiger partial charge in [0, 0.05) is 21.9 Å². The zero-order valence-corrected chi connectivity index (χ0v) is 11.7.